The zero-order valence-electron chi connectivity index (χ0n) is 15.8. The quantitative estimate of drug-likeness (QED) is 0.663. The van der Waals surface area contributed by atoms with Gasteiger partial charge in [-0.3, -0.25) is 0 Å². The lowest BCUT2D eigenvalue weighted by Crippen LogP contribution is -2.29. The third-order valence-corrected chi connectivity index (χ3v) is 6.53. The van der Waals surface area contributed by atoms with Crippen molar-refractivity contribution in [2.45, 2.75) is 76.7 Å². The number of carboxylic acids is 2. The molecule has 5 heteroatoms. The van der Waals surface area contributed by atoms with Crippen molar-refractivity contribution in [3.63, 3.8) is 0 Å². The minimum atomic E-state index is -1.10. The van der Waals surface area contributed by atoms with E-state index in [4.69, 9.17) is 0 Å². The largest absolute Gasteiger partial charge is 0.478 e. The lowest BCUT2D eigenvalue weighted by molar-refractivity contribution is 0.0689. The summed E-state index contributed by atoms with van der Waals surface area (Å²) in [5.74, 6) is -1.52. The molecule has 148 valence electrons. The van der Waals surface area contributed by atoms with E-state index in [2.05, 4.69) is 0 Å². The van der Waals surface area contributed by atoms with Crippen molar-refractivity contribution in [3.8, 4) is 0 Å². The number of aliphatic hydroxyl groups excluding tert-OH is 1. The molecule has 0 unspecified atom stereocenters. The van der Waals surface area contributed by atoms with Gasteiger partial charge in [-0.15, -0.1) is 0 Å². The molecule has 0 bridgehead atoms. The van der Waals surface area contributed by atoms with Crippen LogP contribution in [0.5, 0.6) is 0 Å². The van der Waals surface area contributed by atoms with Gasteiger partial charge in [-0.25, -0.2) is 9.59 Å². The number of hydrogen-bond donors (Lipinski definition) is 3. The van der Waals surface area contributed by atoms with Crippen LogP contribution in [0.1, 0.15) is 102 Å². The molecule has 0 saturated heterocycles. The fraction of sp³-hybridized carbons (Fsp3) is 0.636. The van der Waals surface area contributed by atoms with Crippen LogP contribution in [0.3, 0.4) is 0 Å². The molecule has 0 aromatic heterocycles. The summed E-state index contributed by atoms with van der Waals surface area (Å²) in [6, 6.07) is 2.95. The summed E-state index contributed by atoms with van der Waals surface area (Å²) >= 11 is 0. The van der Waals surface area contributed by atoms with Crippen LogP contribution in [0.25, 0.3) is 0 Å². The van der Waals surface area contributed by atoms with Gasteiger partial charge in [0.05, 0.1) is 17.7 Å². The second-order valence-electron chi connectivity index (χ2n) is 8.19. The molecule has 0 heterocycles. The van der Waals surface area contributed by atoms with Crippen molar-refractivity contribution in [1.82, 2.24) is 0 Å². The van der Waals surface area contributed by atoms with E-state index in [0.717, 1.165) is 51.4 Å². The molecule has 3 rings (SSSR count). The van der Waals surface area contributed by atoms with Crippen molar-refractivity contribution < 1.29 is 24.9 Å². The predicted octanol–water partition coefficient (Wildman–Crippen LogP) is 4.82. The van der Waals surface area contributed by atoms with Gasteiger partial charge in [-0.1, -0.05) is 38.5 Å². The van der Waals surface area contributed by atoms with E-state index in [0.29, 0.717) is 23.0 Å². The highest BCUT2D eigenvalue weighted by Crippen LogP contribution is 2.47. The van der Waals surface area contributed by atoms with Crippen molar-refractivity contribution >= 4 is 11.9 Å². The van der Waals surface area contributed by atoms with E-state index in [9.17, 15) is 24.9 Å². The fourth-order valence-electron chi connectivity index (χ4n) is 5.36. The first kappa shape index (κ1) is 19.9. The average Bonchev–Trinajstić information content (AvgIpc) is 2.69. The molecule has 2 aliphatic rings. The second kappa shape index (κ2) is 8.87. The molecule has 1 aromatic rings. The molecule has 1 aromatic carbocycles. The molecule has 0 aliphatic heterocycles. The van der Waals surface area contributed by atoms with E-state index in [1.165, 1.54) is 25.0 Å². The molecule has 2 saturated carbocycles. The van der Waals surface area contributed by atoms with Crippen molar-refractivity contribution in [3.05, 3.63) is 34.4 Å². The van der Waals surface area contributed by atoms with Gasteiger partial charge < -0.3 is 15.3 Å². The highest BCUT2D eigenvalue weighted by molar-refractivity contribution is 5.97. The van der Waals surface area contributed by atoms with E-state index >= 15 is 0 Å². The van der Waals surface area contributed by atoms with Gasteiger partial charge in [0.2, 0.25) is 0 Å². The minimum Gasteiger partial charge on any atom is -0.478 e. The standard InChI is InChI=1S/C22H30O5/c23-13-14-11-17(21(24)25)20(18(12-14)22(26)27)19(15-7-3-1-4-8-15)16-9-5-2-6-10-16/h11-12,15-16,19,23H,1-10,13H2,(H,24,25)(H,26,27). The summed E-state index contributed by atoms with van der Waals surface area (Å²) in [6.45, 7) is -0.363. The SMILES string of the molecule is O=C(O)c1cc(CO)cc(C(=O)O)c1C(C1CCCCC1)C1CCCCC1. The van der Waals surface area contributed by atoms with Gasteiger partial charge >= 0.3 is 11.9 Å². The molecule has 0 spiro atoms. The van der Waals surface area contributed by atoms with E-state index < -0.39 is 11.9 Å². The van der Waals surface area contributed by atoms with Gasteiger partial charge in [0.15, 0.2) is 0 Å². The Hall–Kier alpha value is -1.88. The van der Waals surface area contributed by atoms with Crippen molar-refractivity contribution in [1.29, 1.82) is 0 Å². The zero-order valence-corrected chi connectivity index (χ0v) is 15.8. The average molecular weight is 374 g/mol. The number of carboxylic acid groups (broad SMARTS) is 2. The summed E-state index contributed by atoms with van der Waals surface area (Å²) in [7, 11) is 0. The van der Waals surface area contributed by atoms with E-state index in [1.54, 1.807) is 0 Å². The van der Waals surface area contributed by atoms with Crippen LogP contribution in [-0.4, -0.2) is 27.3 Å². The number of rotatable bonds is 6. The maximum atomic E-state index is 12.1. The zero-order chi connectivity index (χ0) is 19.4. The Kier molecular flexibility index (Phi) is 6.53. The highest BCUT2D eigenvalue weighted by Gasteiger charge is 2.37. The van der Waals surface area contributed by atoms with Gasteiger partial charge in [-0.2, -0.15) is 0 Å². The molecular formula is C22H30O5. The summed E-state index contributed by atoms with van der Waals surface area (Å²) in [4.78, 5) is 24.1. The smallest absolute Gasteiger partial charge is 0.336 e. The second-order valence-corrected chi connectivity index (χ2v) is 8.19. The van der Waals surface area contributed by atoms with Gasteiger partial charge in [0.25, 0.3) is 0 Å². The van der Waals surface area contributed by atoms with Crippen LogP contribution < -0.4 is 0 Å². The normalized spacial score (nSPS) is 19.3. The Bertz CT molecular complexity index is 631. The first-order chi connectivity index (χ1) is 13.0. The monoisotopic (exact) mass is 374 g/mol. The number of aromatic carboxylic acids is 2. The molecule has 0 radical (unpaired) electrons. The number of aliphatic hydroxyl groups is 1. The Morgan fingerprint density at radius 3 is 1.56 bits per heavy atom. The van der Waals surface area contributed by atoms with Crippen LogP contribution >= 0.6 is 0 Å². The summed E-state index contributed by atoms with van der Waals surface area (Å²) in [6.07, 6.45) is 11.1. The minimum absolute atomic E-state index is 0.0180. The van der Waals surface area contributed by atoms with Gasteiger partial charge in [-0.05, 0) is 66.7 Å². The van der Waals surface area contributed by atoms with E-state index in [-0.39, 0.29) is 23.7 Å². The lowest BCUT2D eigenvalue weighted by Gasteiger charge is -2.39. The molecule has 2 aliphatic carbocycles. The number of benzene rings is 1. The molecule has 27 heavy (non-hydrogen) atoms. The number of carbonyl (C=O) groups is 2. The third-order valence-electron chi connectivity index (χ3n) is 6.53. The lowest BCUT2D eigenvalue weighted by atomic mass is 9.65. The molecule has 2 fully saturated rings. The maximum Gasteiger partial charge on any atom is 0.336 e. The third kappa shape index (κ3) is 4.34. The number of hydrogen-bond acceptors (Lipinski definition) is 3. The Balaban J connectivity index is 2.16. The van der Waals surface area contributed by atoms with E-state index in [1.807, 2.05) is 0 Å². The first-order valence-electron chi connectivity index (χ1n) is 10.3. The first-order valence-corrected chi connectivity index (χ1v) is 10.3. The van der Waals surface area contributed by atoms with Gasteiger partial charge in [0, 0.05) is 0 Å². The van der Waals surface area contributed by atoms with Crippen LogP contribution in [0.4, 0.5) is 0 Å². The summed E-state index contributed by atoms with van der Waals surface area (Å²) in [5.41, 5.74) is 0.991. The molecule has 0 atom stereocenters. The predicted molar refractivity (Wildman–Crippen MR) is 102 cm³/mol. The van der Waals surface area contributed by atoms with Crippen molar-refractivity contribution in [2.75, 3.05) is 0 Å². The van der Waals surface area contributed by atoms with Gasteiger partial charge in [0.1, 0.15) is 0 Å². The van der Waals surface area contributed by atoms with Crippen LogP contribution in [0, 0.1) is 11.8 Å². The Morgan fingerprint density at radius 1 is 0.815 bits per heavy atom. The topological polar surface area (TPSA) is 94.8 Å². The van der Waals surface area contributed by atoms with Crippen LogP contribution in [0.2, 0.25) is 0 Å². The summed E-state index contributed by atoms with van der Waals surface area (Å²) in [5, 5.41) is 29.2. The van der Waals surface area contributed by atoms with Crippen molar-refractivity contribution in [2.24, 2.45) is 11.8 Å². The highest BCUT2D eigenvalue weighted by atomic mass is 16.4. The molecule has 5 nitrogen and oxygen atoms in total. The van der Waals surface area contributed by atoms with Crippen LogP contribution in [-0.2, 0) is 6.61 Å². The summed E-state index contributed by atoms with van der Waals surface area (Å²) < 4.78 is 0. The molecule has 0 amide bonds. The van der Waals surface area contributed by atoms with Crippen LogP contribution in [0.15, 0.2) is 12.1 Å². The fourth-order valence-corrected chi connectivity index (χ4v) is 5.36. The Morgan fingerprint density at radius 2 is 1.22 bits per heavy atom. The molecular weight excluding hydrogens is 344 g/mol. The molecule has 3 N–H and O–H groups in total. The Labute approximate surface area is 160 Å². The maximum absolute atomic E-state index is 12.1.